The summed E-state index contributed by atoms with van der Waals surface area (Å²) < 4.78 is 11.5. The van der Waals surface area contributed by atoms with Crippen molar-refractivity contribution < 1.29 is 24.5 Å². The maximum atomic E-state index is 12.5. The number of ether oxygens (including phenoxy) is 2. The monoisotopic (exact) mass is 484 g/mol. The number of aliphatic hydroxyl groups excluding tert-OH is 1. The summed E-state index contributed by atoms with van der Waals surface area (Å²) in [5.74, 6) is -1.54. The summed E-state index contributed by atoms with van der Waals surface area (Å²) in [6.45, 7) is 10.5. The second-order valence-electron chi connectivity index (χ2n) is 11.5. The molecule has 4 aliphatic carbocycles. The Bertz CT molecular complexity index is 921. The first kappa shape index (κ1) is 26.4. The molecule has 3 fully saturated rings. The van der Waals surface area contributed by atoms with Gasteiger partial charge in [-0.3, -0.25) is 0 Å². The second kappa shape index (κ2) is 10.4. The number of carbonyl (C=O) groups excluding carboxylic acids is 1. The standard InChI is InChI=1S/C30H44O5/c1-5-24-13-14-25-22(10-9-15-28(24,25)4)11-12-23-18-30(33,19-26(31)21(23)3)34-20-27(32)35-29(6-2)16-7-8-17-29/h11-13,25-26,31,33H,3,5-10,14-20H2,1-2,4H3/t25-,26?,28+,30-/m0/s1. The first-order valence-corrected chi connectivity index (χ1v) is 13.7. The molecule has 5 heteroatoms. The lowest BCUT2D eigenvalue weighted by Crippen LogP contribution is -2.44. The van der Waals surface area contributed by atoms with Gasteiger partial charge >= 0.3 is 5.97 Å². The minimum absolute atomic E-state index is 0.00355. The maximum absolute atomic E-state index is 12.5. The van der Waals surface area contributed by atoms with Gasteiger partial charge in [-0.2, -0.15) is 0 Å². The molecule has 3 saturated carbocycles. The van der Waals surface area contributed by atoms with Crippen molar-refractivity contribution in [2.45, 2.75) is 115 Å². The van der Waals surface area contributed by atoms with Gasteiger partial charge in [-0.15, -0.1) is 0 Å². The highest BCUT2D eigenvalue weighted by molar-refractivity contribution is 5.71. The summed E-state index contributed by atoms with van der Waals surface area (Å²) in [7, 11) is 0. The van der Waals surface area contributed by atoms with Gasteiger partial charge in [0.1, 0.15) is 12.2 Å². The van der Waals surface area contributed by atoms with E-state index in [1.165, 1.54) is 18.4 Å². The zero-order chi connectivity index (χ0) is 25.3. The predicted molar refractivity (Wildman–Crippen MR) is 137 cm³/mol. The molecule has 0 aromatic carbocycles. The molecule has 0 aromatic heterocycles. The van der Waals surface area contributed by atoms with Gasteiger partial charge in [-0.1, -0.05) is 56.7 Å². The van der Waals surface area contributed by atoms with Crippen LogP contribution >= 0.6 is 0 Å². The van der Waals surface area contributed by atoms with Crippen molar-refractivity contribution in [2.75, 3.05) is 6.61 Å². The van der Waals surface area contributed by atoms with Crippen LogP contribution in [0.5, 0.6) is 0 Å². The summed E-state index contributed by atoms with van der Waals surface area (Å²) in [5, 5.41) is 21.8. The molecule has 0 aromatic rings. The van der Waals surface area contributed by atoms with Crippen molar-refractivity contribution in [1.82, 2.24) is 0 Å². The Balaban J connectivity index is 1.43. The molecular weight excluding hydrogens is 440 g/mol. The molecule has 0 aliphatic heterocycles. The van der Waals surface area contributed by atoms with Crippen LogP contribution in [-0.4, -0.2) is 40.3 Å². The third kappa shape index (κ3) is 5.38. The van der Waals surface area contributed by atoms with E-state index in [-0.39, 0.29) is 30.5 Å². The van der Waals surface area contributed by atoms with Crippen LogP contribution in [-0.2, 0) is 14.3 Å². The van der Waals surface area contributed by atoms with Crippen molar-refractivity contribution in [1.29, 1.82) is 0 Å². The van der Waals surface area contributed by atoms with Crippen molar-refractivity contribution in [3.05, 3.63) is 47.1 Å². The zero-order valence-electron chi connectivity index (χ0n) is 21.9. The first-order valence-electron chi connectivity index (χ1n) is 13.7. The van der Waals surface area contributed by atoms with Gasteiger partial charge in [0, 0.05) is 12.8 Å². The lowest BCUT2D eigenvalue weighted by atomic mass is 9.64. The van der Waals surface area contributed by atoms with Crippen LogP contribution in [0.3, 0.4) is 0 Å². The third-order valence-electron chi connectivity index (χ3n) is 9.33. The number of hydrogen-bond acceptors (Lipinski definition) is 5. The molecule has 35 heavy (non-hydrogen) atoms. The van der Waals surface area contributed by atoms with Gasteiger partial charge in [0.15, 0.2) is 5.79 Å². The quantitative estimate of drug-likeness (QED) is 0.261. The minimum Gasteiger partial charge on any atom is -0.457 e. The number of rotatable bonds is 7. The molecule has 4 aliphatic rings. The van der Waals surface area contributed by atoms with Crippen molar-refractivity contribution in [3.63, 3.8) is 0 Å². The highest BCUT2D eigenvalue weighted by atomic mass is 16.6. The maximum Gasteiger partial charge on any atom is 0.332 e. The highest BCUT2D eigenvalue weighted by Crippen LogP contribution is 2.55. The lowest BCUT2D eigenvalue weighted by Gasteiger charge is -2.41. The van der Waals surface area contributed by atoms with E-state index in [1.807, 2.05) is 13.0 Å². The molecule has 0 bridgehead atoms. The average molecular weight is 485 g/mol. The molecule has 0 amide bonds. The Morgan fingerprint density at radius 3 is 2.63 bits per heavy atom. The van der Waals surface area contributed by atoms with Gasteiger partial charge in [0.25, 0.3) is 0 Å². The summed E-state index contributed by atoms with van der Waals surface area (Å²) in [6.07, 6.45) is 16.3. The predicted octanol–water partition coefficient (Wildman–Crippen LogP) is 6.07. The third-order valence-corrected chi connectivity index (χ3v) is 9.33. The SMILES string of the molecule is C=C1C(=CC=C2CCC[C@]3(C)C(CC)=CC[C@@H]23)C[C@](O)(OCC(=O)OC2(CC)CCCC2)CC1O. The summed E-state index contributed by atoms with van der Waals surface area (Å²) >= 11 is 0. The van der Waals surface area contributed by atoms with E-state index in [2.05, 4.69) is 32.6 Å². The lowest BCUT2D eigenvalue weighted by molar-refractivity contribution is -0.229. The van der Waals surface area contributed by atoms with E-state index in [0.717, 1.165) is 56.9 Å². The van der Waals surface area contributed by atoms with Gasteiger partial charge in [-0.25, -0.2) is 4.79 Å². The Morgan fingerprint density at radius 1 is 1.20 bits per heavy atom. The minimum atomic E-state index is -1.62. The molecule has 0 radical (unpaired) electrons. The van der Waals surface area contributed by atoms with Crippen molar-refractivity contribution in [3.8, 4) is 0 Å². The van der Waals surface area contributed by atoms with Gasteiger partial charge in [0.2, 0.25) is 0 Å². The van der Waals surface area contributed by atoms with E-state index in [9.17, 15) is 15.0 Å². The summed E-state index contributed by atoms with van der Waals surface area (Å²) in [4.78, 5) is 12.5. The highest BCUT2D eigenvalue weighted by Gasteiger charge is 2.44. The molecule has 4 atom stereocenters. The van der Waals surface area contributed by atoms with Crippen LogP contribution in [0.2, 0.25) is 0 Å². The first-order chi connectivity index (χ1) is 16.6. The van der Waals surface area contributed by atoms with Crippen LogP contribution in [0.25, 0.3) is 0 Å². The van der Waals surface area contributed by atoms with Crippen LogP contribution in [0.15, 0.2) is 47.1 Å². The molecule has 5 nitrogen and oxygen atoms in total. The van der Waals surface area contributed by atoms with Crippen LogP contribution in [0.1, 0.15) is 97.8 Å². The van der Waals surface area contributed by atoms with Crippen molar-refractivity contribution in [2.24, 2.45) is 11.3 Å². The normalized spacial score (nSPS) is 36.9. The van der Waals surface area contributed by atoms with Gasteiger partial charge in [0.05, 0.1) is 6.10 Å². The number of esters is 1. The fourth-order valence-corrected chi connectivity index (χ4v) is 7.07. The Hall–Kier alpha value is -1.69. The average Bonchev–Trinajstić information content (AvgIpc) is 3.43. The molecule has 2 N–H and O–H groups in total. The van der Waals surface area contributed by atoms with E-state index in [1.54, 1.807) is 5.57 Å². The fraction of sp³-hybridized carbons (Fsp3) is 0.700. The van der Waals surface area contributed by atoms with Crippen LogP contribution in [0.4, 0.5) is 0 Å². The number of hydrogen-bond donors (Lipinski definition) is 2. The summed E-state index contributed by atoms with van der Waals surface area (Å²) in [5.41, 5.74) is 4.28. The molecule has 0 spiro atoms. The number of carbonyl (C=O) groups is 1. The van der Waals surface area contributed by atoms with Crippen LogP contribution in [0, 0.1) is 11.3 Å². The molecule has 1 unspecified atom stereocenters. The zero-order valence-corrected chi connectivity index (χ0v) is 21.9. The summed E-state index contributed by atoms with van der Waals surface area (Å²) in [6, 6.07) is 0. The van der Waals surface area contributed by atoms with Gasteiger partial charge < -0.3 is 19.7 Å². The topological polar surface area (TPSA) is 76.0 Å². The fourth-order valence-electron chi connectivity index (χ4n) is 7.07. The second-order valence-corrected chi connectivity index (χ2v) is 11.5. The Labute approximate surface area is 211 Å². The van der Waals surface area contributed by atoms with E-state index >= 15 is 0 Å². The molecular formula is C30H44O5. The largest absolute Gasteiger partial charge is 0.457 e. The Morgan fingerprint density at radius 2 is 1.94 bits per heavy atom. The van der Waals surface area contributed by atoms with E-state index in [0.29, 0.717) is 11.5 Å². The van der Waals surface area contributed by atoms with Crippen molar-refractivity contribution >= 4 is 5.97 Å². The van der Waals surface area contributed by atoms with Crippen LogP contribution < -0.4 is 0 Å². The number of aliphatic hydroxyl groups is 2. The van der Waals surface area contributed by atoms with E-state index in [4.69, 9.17) is 9.47 Å². The number of fused-ring (bicyclic) bond motifs is 1. The number of allylic oxidation sites excluding steroid dienone is 5. The molecule has 0 saturated heterocycles. The molecule has 4 rings (SSSR count). The molecule has 194 valence electrons. The molecule has 0 heterocycles. The Kier molecular flexibility index (Phi) is 7.80. The smallest absolute Gasteiger partial charge is 0.332 e. The van der Waals surface area contributed by atoms with Gasteiger partial charge in [-0.05, 0) is 86.7 Å². The van der Waals surface area contributed by atoms with E-state index < -0.39 is 17.9 Å².